The molecule has 6 nitrogen and oxygen atoms in total. The number of rotatable bonds is 4. The van der Waals surface area contributed by atoms with Crippen molar-refractivity contribution in [3.63, 3.8) is 0 Å². The summed E-state index contributed by atoms with van der Waals surface area (Å²) in [7, 11) is -1.44. The maximum absolute atomic E-state index is 12.9. The number of nitrogens with zero attached hydrogens (tertiary/aromatic N) is 1. The van der Waals surface area contributed by atoms with Crippen LogP contribution in [0.5, 0.6) is 0 Å². The Morgan fingerprint density at radius 1 is 1.19 bits per heavy atom. The van der Waals surface area contributed by atoms with Crippen LogP contribution in [-0.4, -0.2) is 29.9 Å². The summed E-state index contributed by atoms with van der Waals surface area (Å²) < 4.78 is 19.5. The number of carbonyl (C=O) groups excluding carboxylic acids is 1. The highest BCUT2D eigenvalue weighted by Gasteiger charge is 2.25. The first kappa shape index (κ1) is 18.5. The molecule has 2 unspecified atom stereocenters. The summed E-state index contributed by atoms with van der Waals surface area (Å²) in [5, 5.41) is 7.88. The zero-order valence-corrected chi connectivity index (χ0v) is 16.7. The van der Waals surface area contributed by atoms with Crippen molar-refractivity contribution >= 4 is 21.6 Å². The monoisotopic (exact) mass is 388 g/mol. The molecule has 4 rings (SSSR count). The summed E-state index contributed by atoms with van der Waals surface area (Å²) in [5.74, 6) is 0. The smallest absolute Gasteiger partial charge is 0.310 e. The van der Waals surface area contributed by atoms with Gasteiger partial charge in [-0.05, 0) is 80.2 Å². The van der Waals surface area contributed by atoms with Gasteiger partial charge in [-0.3, -0.25) is 0 Å². The molecule has 0 saturated carbocycles. The number of hydrogen-bond acceptors (Lipinski definition) is 4. The SMILES string of the molecule is CN=S(=O)(/C=C/C1CCCN1)NC(=O)Nc1c2c(cc3c1CCC3)CCC2. The van der Waals surface area contributed by atoms with Crippen molar-refractivity contribution in [2.45, 2.75) is 57.4 Å². The lowest BCUT2D eigenvalue weighted by atomic mass is 9.99. The molecule has 1 aromatic rings. The Labute approximate surface area is 161 Å². The predicted octanol–water partition coefficient (Wildman–Crippen LogP) is 3.06. The van der Waals surface area contributed by atoms with Crippen LogP contribution < -0.4 is 15.4 Å². The van der Waals surface area contributed by atoms with Gasteiger partial charge in [0.15, 0.2) is 9.92 Å². The van der Waals surface area contributed by atoms with E-state index < -0.39 is 15.9 Å². The van der Waals surface area contributed by atoms with E-state index in [1.165, 1.54) is 34.7 Å². The second-order valence-electron chi connectivity index (χ2n) is 7.57. The van der Waals surface area contributed by atoms with E-state index >= 15 is 0 Å². The van der Waals surface area contributed by atoms with Gasteiger partial charge in [0, 0.05) is 24.2 Å². The number of aryl methyl sites for hydroxylation is 2. The number of carbonyl (C=O) groups is 1. The van der Waals surface area contributed by atoms with E-state index in [-0.39, 0.29) is 6.04 Å². The van der Waals surface area contributed by atoms with Crippen LogP contribution in [0.25, 0.3) is 0 Å². The van der Waals surface area contributed by atoms with Crippen molar-refractivity contribution in [3.8, 4) is 0 Å². The Bertz CT molecular complexity index is 861. The molecule has 0 spiro atoms. The first-order valence-corrected chi connectivity index (χ1v) is 11.5. The first-order valence-electron chi connectivity index (χ1n) is 9.90. The van der Waals surface area contributed by atoms with E-state index in [4.69, 9.17) is 0 Å². The third-order valence-electron chi connectivity index (χ3n) is 5.82. The largest absolute Gasteiger partial charge is 0.331 e. The quantitative estimate of drug-likeness (QED) is 0.741. The lowest BCUT2D eigenvalue weighted by Gasteiger charge is -2.17. The van der Waals surface area contributed by atoms with Crippen LogP contribution in [0.2, 0.25) is 0 Å². The van der Waals surface area contributed by atoms with Crippen molar-refractivity contribution in [2.24, 2.45) is 4.36 Å². The van der Waals surface area contributed by atoms with Gasteiger partial charge in [-0.25, -0.2) is 18.1 Å². The average Bonchev–Trinajstić information content (AvgIpc) is 3.40. The molecule has 1 saturated heterocycles. The average molecular weight is 389 g/mol. The lowest BCUT2D eigenvalue weighted by molar-refractivity contribution is 0.257. The van der Waals surface area contributed by atoms with Gasteiger partial charge in [-0.2, -0.15) is 0 Å². The third kappa shape index (κ3) is 3.89. The summed E-state index contributed by atoms with van der Waals surface area (Å²) >= 11 is 0. The predicted molar refractivity (Wildman–Crippen MR) is 109 cm³/mol. The number of hydrogen-bond donors (Lipinski definition) is 3. The summed E-state index contributed by atoms with van der Waals surface area (Å²) in [5.41, 5.74) is 6.19. The van der Waals surface area contributed by atoms with Crippen molar-refractivity contribution in [2.75, 3.05) is 18.9 Å². The maximum atomic E-state index is 12.9. The van der Waals surface area contributed by atoms with Gasteiger partial charge in [-0.15, -0.1) is 0 Å². The van der Waals surface area contributed by atoms with Gasteiger partial charge in [0.05, 0.1) is 0 Å². The van der Waals surface area contributed by atoms with E-state index in [9.17, 15) is 9.00 Å². The standard InChI is InChI=1S/C20H28N4O2S/c1-21-27(26,12-10-16-7-4-11-22-16)24-20(25)23-19-17-8-2-5-14(17)13-15-6-3-9-18(15)19/h10,12-13,16,22H,2-9,11H2,1H3,(H2,21,23,24,25,26)/b12-10+. The molecule has 1 aliphatic heterocycles. The molecule has 2 atom stereocenters. The molecule has 27 heavy (non-hydrogen) atoms. The molecule has 3 aliphatic rings. The van der Waals surface area contributed by atoms with Gasteiger partial charge < -0.3 is 10.6 Å². The van der Waals surface area contributed by atoms with E-state index in [2.05, 4.69) is 25.8 Å². The molecule has 1 fully saturated rings. The second kappa shape index (κ2) is 7.64. The Morgan fingerprint density at radius 3 is 2.48 bits per heavy atom. The molecular weight excluding hydrogens is 360 g/mol. The summed E-state index contributed by atoms with van der Waals surface area (Å²) in [6, 6.07) is 2.09. The molecule has 0 bridgehead atoms. The Balaban J connectivity index is 1.52. The number of benzene rings is 1. The van der Waals surface area contributed by atoms with Gasteiger partial charge >= 0.3 is 6.03 Å². The van der Waals surface area contributed by atoms with Gasteiger partial charge in [0.2, 0.25) is 0 Å². The van der Waals surface area contributed by atoms with Crippen LogP contribution in [-0.2, 0) is 35.6 Å². The maximum Gasteiger partial charge on any atom is 0.331 e. The van der Waals surface area contributed by atoms with E-state index in [1.54, 1.807) is 0 Å². The lowest BCUT2D eigenvalue weighted by Crippen LogP contribution is -2.34. The summed E-state index contributed by atoms with van der Waals surface area (Å²) in [6.07, 6.45) is 10.4. The molecule has 1 aromatic carbocycles. The van der Waals surface area contributed by atoms with Crippen molar-refractivity contribution in [1.82, 2.24) is 10.0 Å². The van der Waals surface area contributed by atoms with E-state index in [0.29, 0.717) is 0 Å². The van der Waals surface area contributed by atoms with Gasteiger partial charge in [-0.1, -0.05) is 12.1 Å². The fourth-order valence-corrected chi connectivity index (χ4v) is 5.46. The van der Waals surface area contributed by atoms with Gasteiger partial charge in [0.1, 0.15) is 0 Å². The second-order valence-corrected chi connectivity index (χ2v) is 9.55. The zero-order valence-electron chi connectivity index (χ0n) is 15.8. The minimum absolute atomic E-state index is 0.207. The Hall–Kier alpha value is -1.86. The molecule has 0 radical (unpaired) electrons. The highest BCUT2D eigenvalue weighted by Crippen LogP contribution is 2.38. The first-order chi connectivity index (χ1) is 13.1. The Kier molecular flexibility index (Phi) is 5.23. The van der Waals surface area contributed by atoms with Crippen LogP contribution in [0.1, 0.15) is 47.9 Å². The molecule has 0 aromatic heterocycles. The highest BCUT2D eigenvalue weighted by atomic mass is 32.2. The van der Waals surface area contributed by atoms with Crippen molar-refractivity contribution in [1.29, 1.82) is 0 Å². The fourth-order valence-electron chi connectivity index (χ4n) is 4.46. The summed E-state index contributed by atoms with van der Waals surface area (Å²) in [6.45, 7) is 0.970. The normalized spacial score (nSPS) is 23.1. The molecule has 2 aliphatic carbocycles. The molecule has 2 amide bonds. The molecule has 146 valence electrons. The molecule has 3 N–H and O–H groups in total. The van der Waals surface area contributed by atoms with Crippen LogP contribution in [0.4, 0.5) is 10.5 Å². The van der Waals surface area contributed by atoms with Crippen LogP contribution in [0.3, 0.4) is 0 Å². The minimum Gasteiger partial charge on any atom is -0.310 e. The van der Waals surface area contributed by atoms with Crippen LogP contribution in [0.15, 0.2) is 21.9 Å². The third-order valence-corrected chi connectivity index (χ3v) is 7.36. The van der Waals surface area contributed by atoms with Crippen LogP contribution >= 0.6 is 0 Å². The number of amides is 2. The van der Waals surface area contributed by atoms with Gasteiger partial charge in [0.25, 0.3) is 0 Å². The molecule has 7 heteroatoms. The van der Waals surface area contributed by atoms with Crippen molar-refractivity contribution < 1.29 is 9.00 Å². The van der Waals surface area contributed by atoms with Crippen molar-refractivity contribution in [3.05, 3.63) is 39.8 Å². The van der Waals surface area contributed by atoms with Crippen LogP contribution in [0, 0.1) is 0 Å². The number of urea groups is 1. The highest BCUT2D eigenvalue weighted by molar-refractivity contribution is 7.95. The number of fused-ring (bicyclic) bond motifs is 2. The molecular formula is C20H28N4O2S. The van der Waals surface area contributed by atoms with E-state index in [1.807, 2.05) is 6.08 Å². The Morgan fingerprint density at radius 2 is 1.89 bits per heavy atom. The zero-order chi connectivity index (χ0) is 18.9. The molecule has 1 heterocycles. The minimum atomic E-state index is -2.92. The topological polar surface area (TPSA) is 82.6 Å². The summed E-state index contributed by atoms with van der Waals surface area (Å²) in [4.78, 5) is 12.7. The van der Waals surface area contributed by atoms with E-state index in [0.717, 1.165) is 63.6 Å². The fraction of sp³-hybridized carbons (Fsp3) is 0.550. The number of nitrogens with one attached hydrogen (secondary N) is 3. The number of anilines is 1.